The Morgan fingerprint density at radius 1 is 1.42 bits per heavy atom. The fourth-order valence-corrected chi connectivity index (χ4v) is 1.21. The number of anilines is 1. The summed E-state index contributed by atoms with van der Waals surface area (Å²) in [6, 6.07) is 7.53. The van der Waals surface area contributed by atoms with Gasteiger partial charge in [-0.2, -0.15) is 15.6 Å². The minimum absolute atomic E-state index is 0.0728. The van der Waals surface area contributed by atoms with Crippen LogP contribution in [-0.4, -0.2) is 28.7 Å². The first-order valence-corrected chi connectivity index (χ1v) is 4.98. The number of nitrogens with zero attached hydrogens (tertiary/aromatic N) is 3. The summed E-state index contributed by atoms with van der Waals surface area (Å²) >= 11 is 0. The third-order valence-corrected chi connectivity index (χ3v) is 2.11. The van der Waals surface area contributed by atoms with E-state index in [0.717, 1.165) is 0 Å². The average molecular weight is 256 g/mol. The van der Waals surface area contributed by atoms with Crippen LogP contribution in [0.3, 0.4) is 0 Å². The van der Waals surface area contributed by atoms with Crippen LogP contribution in [0.5, 0.6) is 0 Å². The van der Waals surface area contributed by atoms with Crippen LogP contribution >= 0.6 is 0 Å². The molecular formula is C10H9BN6O2. The van der Waals surface area contributed by atoms with Gasteiger partial charge in [-0.05, 0) is 12.1 Å². The maximum absolute atomic E-state index is 9.15. The van der Waals surface area contributed by atoms with Crippen molar-refractivity contribution in [2.24, 2.45) is 10.8 Å². The Hall–Kier alpha value is -2.88. The summed E-state index contributed by atoms with van der Waals surface area (Å²) in [5.74, 6) is -0.530. The van der Waals surface area contributed by atoms with Gasteiger partial charge in [-0.25, -0.2) is 0 Å². The number of benzene rings is 1. The lowest BCUT2D eigenvalue weighted by molar-refractivity contribution is 0.426. The number of nitriles is 2. The first-order valence-electron chi connectivity index (χ1n) is 4.98. The Morgan fingerprint density at radius 3 is 2.58 bits per heavy atom. The highest BCUT2D eigenvalue weighted by Gasteiger charge is 2.16. The van der Waals surface area contributed by atoms with Gasteiger partial charge in [0.25, 0.3) is 0 Å². The van der Waals surface area contributed by atoms with Crippen LogP contribution < -0.4 is 16.6 Å². The average Bonchev–Trinajstić information content (AvgIpc) is 2.38. The molecule has 0 atom stereocenters. The van der Waals surface area contributed by atoms with Gasteiger partial charge in [0.1, 0.15) is 6.07 Å². The van der Waals surface area contributed by atoms with E-state index >= 15 is 0 Å². The monoisotopic (exact) mass is 256 g/mol. The Morgan fingerprint density at radius 2 is 2.11 bits per heavy atom. The molecule has 19 heavy (non-hydrogen) atoms. The summed E-state index contributed by atoms with van der Waals surface area (Å²) in [5, 5.41) is 46.3. The molecule has 0 fully saturated rings. The SMILES string of the molecule is N#C/C(=N\Nc1cc(C#N)ccc1B(O)O)C(=N)N. The van der Waals surface area contributed by atoms with Crippen LogP contribution in [0.25, 0.3) is 0 Å². The van der Waals surface area contributed by atoms with Gasteiger partial charge in [0.2, 0.25) is 5.71 Å². The molecule has 0 aromatic heterocycles. The van der Waals surface area contributed by atoms with E-state index in [9.17, 15) is 0 Å². The second-order valence-corrected chi connectivity index (χ2v) is 3.39. The highest BCUT2D eigenvalue weighted by molar-refractivity contribution is 6.60. The van der Waals surface area contributed by atoms with E-state index in [1.54, 1.807) is 6.07 Å². The molecule has 0 aliphatic rings. The Labute approximate surface area is 109 Å². The highest BCUT2D eigenvalue weighted by atomic mass is 16.4. The molecule has 1 aromatic rings. The molecule has 0 saturated heterocycles. The van der Waals surface area contributed by atoms with Gasteiger partial charge in [0, 0.05) is 5.46 Å². The Kier molecular flexibility index (Phi) is 4.60. The van der Waals surface area contributed by atoms with Crippen LogP contribution in [0.2, 0.25) is 0 Å². The number of nitrogens with one attached hydrogen (secondary N) is 2. The van der Waals surface area contributed by atoms with Gasteiger partial charge in [-0.3, -0.25) is 10.8 Å². The van der Waals surface area contributed by atoms with Gasteiger partial charge in [-0.1, -0.05) is 6.07 Å². The molecule has 0 amide bonds. The van der Waals surface area contributed by atoms with Gasteiger partial charge < -0.3 is 15.8 Å². The lowest BCUT2D eigenvalue weighted by atomic mass is 9.78. The minimum Gasteiger partial charge on any atom is -0.423 e. The summed E-state index contributed by atoms with van der Waals surface area (Å²) in [5.41, 5.74) is 7.59. The van der Waals surface area contributed by atoms with E-state index in [2.05, 4.69) is 10.5 Å². The molecule has 0 saturated carbocycles. The number of nitrogens with two attached hydrogens (primary N) is 1. The quantitative estimate of drug-likeness (QED) is 0.190. The van der Waals surface area contributed by atoms with Crippen LogP contribution in [0.4, 0.5) is 5.69 Å². The van der Waals surface area contributed by atoms with E-state index in [1.165, 1.54) is 18.2 Å². The fourth-order valence-electron chi connectivity index (χ4n) is 1.21. The number of rotatable bonds is 4. The van der Waals surface area contributed by atoms with Crippen molar-refractivity contribution in [3.8, 4) is 12.1 Å². The van der Waals surface area contributed by atoms with E-state index in [1.807, 2.05) is 6.07 Å². The van der Waals surface area contributed by atoms with Gasteiger partial charge in [-0.15, -0.1) is 0 Å². The lowest BCUT2D eigenvalue weighted by Gasteiger charge is -2.08. The summed E-state index contributed by atoms with van der Waals surface area (Å²) < 4.78 is 0. The van der Waals surface area contributed by atoms with Gasteiger partial charge in [0.05, 0.1) is 17.3 Å². The second-order valence-electron chi connectivity index (χ2n) is 3.39. The predicted octanol–water partition coefficient (Wildman–Crippen LogP) is -1.53. The number of hydrogen-bond acceptors (Lipinski definition) is 7. The standard InChI is InChI=1S/C10H9BN6O2/c12-4-6-1-2-7(11(18)19)8(3-6)16-17-9(5-13)10(14)15/h1-3,16,18-19H,(H3,14,15)/b17-9+. The molecule has 0 radical (unpaired) electrons. The molecule has 1 rings (SSSR count). The summed E-state index contributed by atoms with van der Waals surface area (Å²) in [4.78, 5) is 0. The van der Waals surface area contributed by atoms with Gasteiger partial charge in [0.15, 0.2) is 5.84 Å². The van der Waals surface area contributed by atoms with Crippen LogP contribution in [0.1, 0.15) is 5.56 Å². The van der Waals surface area contributed by atoms with E-state index in [0.29, 0.717) is 0 Å². The van der Waals surface area contributed by atoms with Crippen molar-refractivity contribution in [1.29, 1.82) is 15.9 Å². The zero-order valence-electron chi connectivity index (χ0n) is 9.62. The van der Waals surface area contributed by atoms with Crippen molar-refractivity contribution in [3.05, 3.63) is 23.8 Å². The molecule has 0 unspecified atom stereocenters. The predicted molar refractivity (Wildman–Crippen MR) is 69.6 cm³/mol. The summed E-state index contributed by atoms with van der Waals surface area (Å²) in [6.07, 6.45) is 0. The number of amidine groups is 1. The molecule has 6 N–H and O–H groups in total. The number of hydrogen-bond donors (Lipinski definition) is 5. The molecule has 1 aromatic carbocycles. The van der Waals surface area contributed by atoms with E-state index in [4.69, 9.17) is 31.7 Å². The number of hydrazone groups is 1. The van der Waals surface area contributed by atoms with Crippen LogP contribution in [0, 0.1) is 28.1 Å². The molecule has 8 nitrogen and oxygen atoms in total. The molecule has 0 aliphatic carbocycles. The van der Waals surface area contributed by atoms with Crippen molar-refractivity contribution in [3.63, 3.8) is 0 Å². The van der Waals surface area contributed by atoms with Gasteiger partial charge >= 0.3 is 7.12 Å². The normalized spacial score (nSPS) is 10.2. The molecule has 9 heteroatoms. The molecule has 94 valence electrons. The largest absolute Gasteiger partial charge is 0.490 e. The summed E-state index contributed by atoms with van der Waals surface area (Å²) in [7, 11) is -1.77. The molecule has 0 aliphatic heterocycles. The maximum atomic E-state index is 9.15. The second kappa shape index (κ2) is 6.16. The van der Waals surface area contributed by atoms with Crippen molar-refractivity contribution >= 4 is 29.8 Å². The third kappa shape index (κ3) is 3.54. The maximum Gasteiger partial charge on any atom is 0.490 e. The third-order valence-electron chi connectivity index (χ3n) is 2.11. The molecular weight excluding hydrogens is 247 g/mol. The van der Waals surface area contributed by atoms with Crippen molar-refractivity contribution in [2.75, 3.05) is 5.43 Å². The molecule has 0 spiro atoms. The van der Waals surface area contributed by atoms with Crippen molar-refractivity contribution < 1.29 is 10.0 Å². The van der Waals surface area contributed by atoms with Crippen LogP contribution in [0.15, 0.2) is 23.3 Å². The topological polar surface area (TPSA) is 162 Å². The first-order chi connectivity index (χ1) is 8.99. The molecule has 0 heterocycles. The molecule has 0 bridgehead atoms. The first kappa shape index (κ1) is 14.2. The zero-order chi connectivity index (χ0) is 14.4. The lowest BCUT2D eigenvalue weighted by Crippen LogP contribution is -2.32. The van der Waals surface area contributed by atoms with E-state index in [-0.39, 0.29) is 22.4 Å². The van der Waals surface area contributed by atoms with E-state index < -0.39 is 13.0 Å². The highest BCUT2D eigenvalue weighted by Crippen LogP contribution is 2.08. The van der Waals surface area contributed by atoms with Crippen molar-refractivity contribution in [1.82, 2.24) is 0 Å². The Balaban J connectivity index is 3.16. The smallest absolute Gasteiger partial charge is 0.423 e. The van der Waals surface area contributed by atoms with Crippen molar-refractivity contribution in [2.45, 2.75) is 0 Å². The fraction of sp³-hybridized carbons (Fsp3) is 0. The minimum atomic E-state index is -1.77. The Bertz CT molecular complexity index is 613. The zero-order valence-corrected chi connectivity index (χ0v) is 9.62. The summed E-state index contributed by atoms with van der Waals surface area (Å²) in [6.45, 7) is 0. The van der Waals surface area contributed by atoms with Crippen LogP contribution in [-0.2, 0) is 0 Å².